The Morgan fingerprint density at radius 2 is 2.03 bits per heavy atom. The van der Waals surface area contributed by atoms with Crippen molar-refractivity contribution in [3.63, 3.8) is 0 Å². The second-order valence-electron chi connectivity index (χ2n) is 6.16. The van der Waals surface area contributed by atoms with Crippen LogP contribution in [0.2, 0.25) is 0 Å². The van der Waals surface area contributed by atoms with Gasteiger partial charge in [-0.05, 0) is 42.8 Å². The van der Waals surface area contributed by atoms with Crippen LogP contribution in [0.25, 0.3) is 17.0 Å². The third-order valence-electron chi connectivity index (χ3n) is 4.08. The van der Waals surface area contributed by atoms with Gasteiger partial charge in [-0.25, -0.2) is 10.2 Å². The van der Waals surface area contributed by atoms with Crippen LogP contribution in [-0.4, -0.2) is 21.8 Å². The zero-order chi connectivity index (χ0) is 21.8. The van der Waals surface area contributed by atoms with E-state index in [1.54, 1.807) is 30.3 Å². The number of phenolic OH excluding ortho intramolecular Hbond substituents is 1. The van der Waals surface area contributed by atoms with Crippen molar-refractivity contribution in [1.82, 2.24) is 5.43 Å². The number of carbonyl (C=O) groups excluding carboxylic acids is 1. The first kappa shape index (κ1) is 20.8. The average molecular weight is 468 g/mol. The largest absolute Gasteiger partial charge is 0.508 e. The van der Waals surface area contributed by atoms with Gasteiger partial charge in [-0.15, -0.1) is 0 Å². The molecule has 0 radical (unpaired) electrons. The van der Waals surface area contributed by atoms with Gasteiger partial charge in [-0.3, -0.25) is 4.79 Å². The summed E-state index contributed by atoms with van der Waals surface area (Å²) in [6.45, 7) is 1.39. The first-order valence-corrected chi connectivity index (χ1v) is 9.30. The zero-order valence-corrected chi connectivity index (χ0v) is 17.1. The van der Waals surface area contributed by atoms with Gasteiger partial charge in [0.25, 0.3) is 5.91 Å². The number of hydrogen-bond donors (Lipinski definition) is 3. The molecule has 8 nitrogen and oxygen atoms in total. The number of nitrogens with one attached hydrogen (secondary N) is 1. The number of carbonyl (C=O) groups is 1. The Labute approximate surface area is 178 Å². The van der Waals surface area contributed by atoms with Gasteiger partial charge in [0.05, 0.1) is 11.1 Å². The van der Waals surface area contributed by atoms with E-state index in [1.807, 2.05) is 0 Å². The van der Waals surface area contributed by atoms with Crippen LogP contribution < -0.4 is 11.1 Å². The molecule has 0 atom stereocenters. The van der Waals surface area contributed by atoms with Crippen molar-refractivity contribution in [1.29, 1.82) is 5.26 Å². The first-order valence-electron chi connectivity index (χ1n) is 8.51. The number of halogens is 1. The molecule has 0 aliphatic heterocycles. The molecule has 0 spiro atoms. The van der Waals surface area contributed by atoms with E-state index in [9.17, 15) is 25.1 Å². The van der Waals surface area contributed by atoms with Crippen LogP contribution in [0.1, 0.15) is 18.1 Å². The maximum atomic E-state index is 12.3. The molecule has 1 aromatic heterocycles. The molecule has 30 heavy (non-hydrogen) atoms. The van der Waals surface area contributed by atoms with E-state index in [1.165, 1.54) is 31.2 Å². The molecule has 0 aliphatic rings. The lowest BCUT2D eigenvalue weighted by Crippen LogP contribution is -2.22. The third-order valence-corrected chi connectivity index (χ3v) is 4.57. The number of amides is 1. The summed E-state index contributed by atoms with van der Waals surface area (Å²) < 4.78 is 5.89. The fraction of sp³-hybridized carbons (Fsp3) is 0.0476. The van der Waals surface area contributed by atoms with Crippen LogP contribution >= 0.6 is 15.9 Å². The minimum absolute atomic E-state index is 0.00167. The number of nitrogens with zero attached hydrogens (tertiary/aromatic N) is 2. The van der Waals surface area contributed by atoms with Crippen molar-refractivity contribution in [3.05, 3.63) is 74.1 Å². The summed E-state index contributed by atoms with van der Waals surface area (Å²) >= 11 is 3.31. The third kappa shape index (κ3) is 4.39. The average Bonchev–Trinajstić information content (AvgIpc) is 2.70. The highest BCUT2D eigenvalue weighted by Gasteiger charge is 2.18. The van der Waals surface area contributed by atoms with Crippen molar-refractivity contribution in [3.8, 4) is 17.6 Å². The molecule has 150 valence electrons. The monoisotopic (exact) mass is 467 g/mol. The first-order chi connectivity index (χ1) is 14.3. The molecular formula is C21H14BrN3O5. The van der Waals surface area contributed by atoms with Crippen molar-refractivity contribution < 1.29 is 19.4 Å². The van der Waals surface area contributed by atoms with Gasteiger partial charge in [0.15, 0.2) is 0 Å². The summed E-state index contributed by atoms with van der Waals surface area (Å²) in [4.78, 5) is 24.6. The quantitative estimate of drug-likeness (QED) is 0.177. The van der Waals surface area contributed by atoms with E-state index in [0.717, 1.165) is 4.47 Å². The minimum atomic E-state index is -0.897. The van der Waals surface area contributed by atoms with E-state index in [-0.39, 0.29) is 33.6 Å². The van der Waals surface area contributed by atoms with Gasteiger partial charge in [0, 0.05) is 10.5 Å². The number of nitriles is 1. The molecule has 2 aromatic carbocycles. The van der Waals surface area contributed by atoms with Crippen molar-refractivity contribution in [2.75, 3.05) is 0 Å². The van der Waals surface area contributed by atoms with Gasteiger partial charge in [-0.1, -0.05) is 28.1 Å². The molecule has 0 saturated carbocycles. The Bertz CT molecular complexity index is 1320. The van der Waals surface area contributed by atoms with Gasteiger partial charge < -0.3 is 14.6 Å². The minimum Gasteiger partial charge on any atom is -0.508 e. The fourth-order valence-electron chi connectivity index (χ4n) is 2.65. The number of hydrogen-bond acceptors (Lipinski definition) is 7. The van der Waals surface area contributed by atoms with Crippen LogP contribution in [-0.2, 0) is 4.79 Å². The SMILES string of the molecule is C/C(=N\NC(=O)/C(C#N)=C/c1cccc(Br)c1)c1c(O)c2ccc(O)cc2oc1=O. The van der Waals surface area contributed by atoms with Crippen LogP contribution in [0.15, 0.2) is 66.8 Å². The van der Waals surface area contributed by atoms with Crippen molar-refractivity contribution in [2.45, 2.75) is 6.92 Å². The predicted octanol–water partition coefficient (Wildman–Crippen LogP) is 3.41. The van der Waals surface area contributed by atoms with Crippen LogP contribution in [0.4, 0.5) is 0 Å². The maximum Gasteiger partial charge on any atom is 0.349 e. The summed E-state index contributed by atoms with van der Waals surface area (Å²) in [5.74, 6) is -1.31. The molecule has 3 N–H and O–H groups in total. The second kappa shape index (κ2) is 8.63. The van der Waals surface area contributed by atoms with Crippen molar-refractivity contribution >= 4 is 44.6 Å². The van der Waals surface area contributed by atoms with Gasteiger partial charge >= 0.3 is 5.63 Å². The summed E-state index contributed by atoms with van der Waals surface area (Å²) in [5, 5.41) is 33.2. The standard InChI is InChI=1S/C21H14BrN3O5/c1-11(18-19(27)16-6-5-15(26)9-17(16)30-21(18)29)24-25-20(28)13(10-23)7-12-3-2-4-14(22)8-12/h2-9,26-27H,1H3,(H,25,28)/b13-7+,24-11+. The highest BCUT2D eigenvalue weighted by Crippen LogP contribution is 2.29. The lowest BCUT2D eigenvalue weighted by atomic mass is 10.1. The summed E-state index contributed by atoms with van der Waals surface area (Å²) in [6.07, 6.45) is 1.39. The molecule has 0 bridgehead atoms. The number of benzene rings is 2. The summed E-state index contributed by atoms with van der Waals surface area (Å²) in [7, 11) is 0. The smallest absolute Gasteiger partial charge is 0.349 e. The van der Waals surface area contributed by atoms with Crippen LogP contribution in [0.5, 0.6) is 11.5 Å². The molecule has 1 amide bonds. The normalized spacial score (nSPS) is 11.9. The summed E-state index contributed by atoms with van der Waals surface area (Å²) in [6, 6.07) is 12.7. The van der Waals surface area contributed by atoms with Crippen LogP contribution in [0.3, 0.4) is 0 Å². The van der Waals surface area contributed by atoms with E-state index in [4.69, 9.17) is 4.42 Å². The molecule has 1 heterocycles. The Morgan fingerprint density at radius 1 is 1.27 bits per heavy atom. The molecule has 0 saturated heterocycles. The number of phenols is 1. The molecule has 3 aromatic rings. The number of fused-ring (bicyclic) bond motifs is 1. The highest BCUT2D eigenvalue weighted by molar-refractivity contribution is 9.10. The Hall–Kier alpha value is -3.90. The van der Waals surface area contributed by atoms with Gasteiger partial charge in [0.2, 0.25) is 0 Å². The van der Waals surface area contributed by atoms with E-state index >= 15 is 0 Å². The second-order valence-corrected chi connectivity index (χ2v) is 7.07. The maximum absolute atomic E-state index is 12.3. The lowest BCUT2D eigenvalue weighted by Gasteiger charge is -2.07. The van der Waals surface area contributed by atoms with Crippen molar-refractivity contribution in [2.24, 2.45) is 5.10 Å². The molecule has 0 aliphatic carbocycles. The molecule has 9 heteroatoms. The number of rotatable bonds is 4. The number of aromatic hydroxyl groups is 2. The van der Waals surface area contributed by atoms with E-state index in [2.05, 4.69) is 26.5 Å². The Balaban J connectivity index is 1.90. The Morgan fingerprint density at radius 3 is 2.73 bits per heavy atom. The zero-order valence-electron chi connectivity index (χ0n) is 15.5. The topological polar surface area (TPSA) is 136 Å². The Kier molecular flexibility index (Phi) is 5.99. The van der Waals surface area contributed by atoms with Gasteiger partial charge in [0.1, 0.15) is 34.3 Å². The molecule has 3 rings (SSSR count). The van der Waals surface area contributed by atoms with Crippen LogP contribution in [0, 0.1) is 11.3 Å². The predicted molar refractivity (Wildman–Crippen MR) is 114 cm³/mol. The summed E-state index contributed by atoms with van der Waals surface area (Å²) in [5.41, 5.74) is 1.46. The number of hydrazone groups is 1. The van der Waals surface area contributed by atoms with E-state index in [0.29, 0.717) is 5.56 Å². The fourth-order valence-corrected chi connectivity index (χ4v) is 3.07. The lowest BCUT2D eigenvalue weighted by molar-refractivity contribution is -0.117. The highest BCUT2D eigenvalue weighted by atomic mass is 79.9. The van der Waals surface area contributed by atoms with Gasteiger partial charge in [-0.2, -0.15) is 10.4 Å². The molecule has 0 fully saturated rings. The molecule has 0 unspecified atom stereocenters. The molecular weight excluding hydrogens is 454 g/mol. The van der Waals surface area contributed by atoms with E-state index < -0.39 is 17.3 Å².